The summed E-state index contributed by atoms with van der Waals surface area (Å²) in [7, 11) is 2.48. The fourth-order valence-corrected chi connectivity index (χ4v) is 5.78. The van der Waals surface area contributed by atoms with Gasteiger partial charge in [-0.15, -0.1) is 0 Å². The molecule has 284 valence electrons. The van der Waals surface area contributed by atoms with E-state index in [4.69, 9.17) is 42.6 Å². The number of azide groups is 1. The van der Waals surface area contributed by atoms with Gasteiger partial charge in [0.1, 0.15) is 37.1 Å². The number of carbonyl (C=O) groups excluding carboxylic acids is 3. The van der Waals surface area contributed by atoms with Crippen molar-refractivity contribution >= 4 is 17.9 Å². The first-order valence-corrected chi connectivity index (χ1v) is 17.3. The smallest absolute Gasteiger partial charge is 0.338 e. The van der Waals surface area contributed by atoms with Crippen LogP contribution in [0.4, 0.5) is 0 Å². The van der Waals surface area contributed by atoms with Gasteiger partial charge in [-0.3, -0.25) is 0 Å². The highest BCUT2D eigenvalue weighted by Crippen LogP contribution is 2.35. The molecular weight excluding hydrogens is 682 g/mol. The number of aliphatic hydroxyl groups is 1. The van der Waals surface area contributed by atoms with Gasteiger partial charge in [0.25, 0.3) is 0 Å². The van der Waals surface area contributed by atoms with E-state index in [0.29, 0.717) is 12.8 Å². The van der Waals surface area contributed by atoms with Crippen molar-refractivity contribution in [3.63, 3.8) is 0 Å². The summed E-state index contributed by atoms with van der Waals surface area (Å²) in [4.78, 5) is 42.5. The maximum atomic E-state index is 13.5. The number of nitrogens with zero attached hydrogens (tertiary/aromatic N) is 3. The average Bonchev–Trinajstić information content (AvgIpc) is 3.17. The minimum Gasteiger partial charge on any atom is -0.467 e. The lowest BCUT2D eigenvalue weighted by Crippen LogP contribution is -2.66. The third kappa shape index (κ3) is 10.5. The predicted octanol–water partition coefficient (Wildman–Crippen LogP) is 4.13. The first-order chi connectivity index (χ1) is 25.3. The first-order valence-electron chi connectivity index (χ1n) is 17.3. The highest BCUT2D eigenvalue weighted by atomic mass is 16.8. The van der Waals surface area contributed by atoms with E-state index in [0.717, 1.165) is 20.0 Å². The average molecular weight is 730 g/mol. The second-order valence-corrected chi connectivity index (χ2v) is 12.1. The Labute approximate surface area is 302 Å². The van der Waals surface area contributed by atoms with Crippen LogP contribution in [0.3, 0.4) is 0 Å². The molecule has 1 N–H and O–H groups in total. The summed E-state index contributed by atoms with van der Waals surface area (Å²) in [5, 5.41) is 15.3. The topological polar surface area (TPSA) is 203 Å². The molecule has 0 amide bonds. The monoisotopic (exact) mass is 729 g/mol. The lowest BCUT2D eigenvalue weighted by atomic mass is 9.95. The molecule has 52 heavy (non-hydrogen) atoms. The van der Waals surface area contributed by atoms with Crippen LogP contribution < -0.4 is 0 Å². The fourth-order valence-electron chi connectivity index (χ4n) is 5.78. The van der Waals surface area contributed by atoms with Crippen LogP contribution in [0.15, 0.2) is 65.8 Å². The van der Waals surface area contributed by atoms with E-state index in [1.165, 1.54) is 7.11 Å². The number of methoxy groups -OCH3 is 2. The van der Waals surface area contributed by atoms with Gasteiger partial charge in [-0.25, -0.2) is 14.4 Å². The summed E-state index contributed by atoms with van der Waals surface area (Å²) in [6.45, 7) is 3.86. The number of hydrogen-bond donors (Lipinski definition) is 1. The summed E-state index contributed by atoms with van der Waals surface area (Å²) >= 11 is 0. The van der Waals surface area contributed by atoms with Crippen LogP contribution in [0.5, 0.6) is 0 Å². The second kappa shape index (κ2) is 20.8. The highest BCUT2D eigenvalue weighted by Gasteiger charge is 2.55. The predicted molar refractivity (Wildman–Crippen MR) is 182 cm³/mol. The Hall–Kier alpha value is -4.12. The van der Waals surface area contributed by atoms with E-state index in [1.807, 2.05) is 13.8 Å². The van der Waals surface area contributed by atoms with E-state index < -0.39 is 85.9 Å². The molecule has 0 bridgehead atoms. The maximum Gasteiger partial charge on any atom is 0.338 e. The molecule has 16 heteroatoms. The number of aliphatic hydroxyl groups excluding tert-OH is 1. The first kappa shape index (κ1) is 40.6. The van der Waals surface area contributed by atoms with Crippen LogP contribution in [0.2, 0.25) is 0 Å². The maximum absolute atomic E-state index is 13.5. The number of unbranched alkanes of at least 4 members (excludes halogenated alkanes) is 2. The standard InChI is InChI=1S/C36H47N3O13/c1-5-7-19-46-28-25(38-39-37)35(45-4)49-24(21-48-32(41)22-15-11-9-12-16-22)27(28)51-36-31(50-33(42)23-17-13-10-14-18-23)29(47-20-8-6-2)26(40)30(52-36)34(43)44-3/h9-18,24-31,35-36,40H,5-8,19-21H2,1-4H3/t24?,25?,26-,27+,28+,29-,30?,31-,35-,36?/m0/s1. The van der Waals surface area contributed by atoms with Gasteiger partial charge >= 0.3 is 17.9 Å². The molecule has 2 aliphatic rings. The van der Waals surface area contributed by atoms with Crippen LogP contribution in [0.25, 0.3) is 10.4 Å². The number of carbonyl (C=O) groups is 3. The molecule has 4 rings (SSSR count). The van der Waals surface area contributed by atoms with Crippen molar-refractivity contribution in [3.05, 3.63) is 82.2 Å². The van der Waals surface area contributed by atoms with E-state index in [-0.39, 0.29) is 24.3 Å². The molecule has 16 nitrogen and oxygen atoms in total. The zero-order valence-corrected chi connectivity index (χ0v) is 29.7. The van der Waals surface area contributed by atoms with Crippen LogP contribution >= 0.6 is 0 Å². The normalized spacial score (nSPS) is 28.6. The Morgan fingerprint density at radius 1 is 0.808 bits per heavy atom. The Bertz CT molecular complexity index is 1460. The molecule has 2 aromatic rings. The molecule has 0 saturated carbocycles. The van der Waals surface area contributed by atoms with Crippen LogP contribution in [-0.2, 0) is 47.4 Å². The van der Waals surface area contributed by atoms with Crippen molar-refractivity contribution in [1.82, 2.24) is 0 Å². The van der Waals surface area contributed by atoms with Crippen molar-refractivity contribution in [2.75, 3.05) is 34.0 Å². The van der Waals surface area contributed by atoms with Crippen LogP contribution in [0.1, 0.15) is 60.2 Å². The molecule has 2 aliphatic heterocycles. The van der Waals surface area contributed by atoms with Gasteiger partial charge in [-0.2, -0.15) is 0 Å². The fraction of sp³-hybridized carbons (Fsp3) is 0.583. The number of hydrogen-bond acceptors (Lipinski definition) is 14. The Balaban J connectivity index is 1.77. The van der Waals surface area contributed by atoms with E-state index in [9.17, 15) is 25.0 Å². The molecule has 0 aromatic heterocycles. The largest absolute Gasteiger partial charge is 0.467 e. The summed E-state index contributed by atoms with van der Waals surface area (Å²) in [6, 6.07) is 15.3. The molecule has 2 heterocycles. The molecule has 2 saturated heterocycles. The lowest BCUT2D eigenvalue weighted by molar-refractivity contribution is -0.345. The van der Waals surface area contributed by atoms with Crippen molar-refractivity contribution in [2.45, 2.75) is 101 Å². The van der Waals surface area contributed by atoms with E-state index >= 15 is 0 Å². The summed E-state index contributed by atoms with van der Waals surface area (Å²) in [5.41, 5.74) is 10.0. The second-order valence-electron chi connectivity index (χ2n) is 12.1. The molecule has 0 aliphatic carbocycles. The minimum atomic E-state index is -1.65. The van der Waals surface area contributed by atoms with Gasteiger partial charge in [0, 0.05) is 25.2 Å². The van der Waals surface area contributed by atoms with Gasteiger partial charge in [0.05, 0.1) is 24.3 Å². The lowest BCUT2D eigenvalue weighted by Gasteiger charge is -2.48. The molecule has 2 aromatic carbocycles. The number of rotatable bonds is 18. The Morgan fingerprint density at radius 2 is 1.40 bits per heavy atom. The van der Waals surface area contributed by atoms with Crippen molar-refractivity contribution in [3.8, 4) is 0 Å². The highest BCUT2D eigenvalue weighted by molar-refractivity contribution is 5.90. The summed E-state index contributed by atoms with van der Waals surface area (Å²) in [6.07, 6.45) is -9.66. The molecule has 2 fully saturated rings. The minimum absolute atomic E-state index is 0.139. The SMILES string of the molecule is CCCCO[C@H]1[C@H](O)C(C(=O)OC)OC(O[C@@H]2C(COC(=O)c3ccccc3)O[C@H](OC)C(N=[N+]=[N-])[C@H]2OCCCC)[C@H]1OC(=O)c1ccccc1. The van der Waals surface area contributed by atoms with Gasteiger partial charge in [0.15, 0.2) is 24.8 Å². The Morgan fingerprint density at radius 3 is 1.96 bits per heavy atom. The van der Waals surface area contributed by atoms with E-state index in [2.05, 4.69) is 10.0 Å². The molecule has 0 radical (unpaired) electrons. The quantitative estimate of drug-likeness (QED) is 0.0573. The number of benzene rings is 2. The van der Waals surface area contributed by atoms with Crippen LogP contribution in [0, 0.1) is 0 Å². The molecular formula is C36H47N3O13. The number of esters is 3. The molecule has 10 atom stereocenters. The van der Waals surface area contributed by atoms with Crippen molar-refractivity contribution < 1.29 is 62.1 Å². The Kier molecular flexibility index (Phi) is 16.3. The zero-order valence-electron chi connectivity index (χ0n) is 29.7. The molecule has 0 spiro atoms. The third-order valence-corrected chi connectivity index (χ3v) is 8.53. The van der Waals surface area contributed by atoms with Gasteiger partial charge in [0.2, 0.25) is 0 Å². The summed E-state index contributed by atoms with van der Waals surface area (Å²) in [5.74, 6) is -2.38. The number of ether oxygens (including phenoxy) is 9. The third-order valence-electron chi connectivity index (χ3n) is 8.53. The van der Waals surface area contributed by atoms with Crippen molar-refractivity contribution in [2.24, 2.45) is 5.11 Å². The van der Waals surface area contributed by atoms with Crippen LogP contribution in [-0.4, -0.2) is 118 Å². The van der Waals surface area contributed by atoms with Gasteiger partial charge in [-0.05, 0) is 42.6 Å². The zero-order chi connectivity index (χ0) is 37.5. The van der Waals surface area contributed by atoms with Crippen molar-refractivity contribution in [1.29, 1.82) is 0 Å². The van der Waals surface area contributed by atoms with E-state index in [1.54, 1.807) is 60.7 Å². The summed E-state index contributed by atoms with van der Waals surface area (Å²) < 4.78 is 53.2. The van der Waals surface area contributed by atoms with Gasteiger partial charge < -0.3 is 47.7 Å². The van der Waals surface area contributed by atoms with Gasteiger partial charge in [-0.1, -0.05) is 68.2 Å². The molecule has 4 unspecified atom stereocenters.